The van der Waals surface area contributed by atoms with E-state index in [4.69, 9.17) is 4.74 Å². The molecule has 0 aliphatic carbocycles. The van der Waals surface area contributed by atoms with Gasteiger partial charge >= 0.3 is 0 Å². The zero-order valence-electron chi connectivity index (χ0n) is 14.3. The number of sulfonamides is 1. The summed E-state index contributed by atoms with van der Waals surface area (Å²) < 4.78 is 46.9. The largest absolute Gasteiger partial charge is 0.496 e. The highest BCUT2D eigenvalue weighted by Gasteiger charge is 2.21. The lowest BCUT2D eigenvalue weighted by Crippen LogP contribution is -2.21. The highest BCUT2D eigenvalue weighted by atomic mass is 32.2. The Morgan fingerprint density at radius 1 is 1.12 bits per heavy atom. The molecular formula is C18H21FN2O3S. The molecule has 0 bridgehead atoms. The van der Waals surface area contributed by atoms with Gasteiger partial charge in [-0.25, -0.2) is 12.8 Å². The van der Waals surface area contributed by atoms with E-state index in [1.54, 1.807) is 19.1 Å². The first kappa shape index (κ1) is 17.5. The molecule has 0 unspecified atom stereocenters. The highest BCUT2D eigenvalue weighted by Crippen LogP contribution is 2.32. The van der Waals surface area contributed by atoms with Gasteiger partial charge in [0.25, 0.3) is 10.0 Å². The van der Waals surface area contributed by atoms with E-state index in [2.05, 4.69) is 9.62 Å². The second kappa shape index (κ2) is 6.92. The number of methoxy groups -OCH3 is 1. The Morgan fingerprint density at radius 3 is 2.48 bits per heavy atom. The number of hydrogen-bond acceptors (Lipinski definition) is 4. The van der Waals surface area contributed by atoms with Crippen LogP contribution in [-0.2, 0) is 10.0 Å². The normalized spacial score (nSPS) is 14.6. The van der Waals surface area contributed by atoms with E-state index in [0.29, 0.717) is 17.0 Å². The fourth-order valence-electron chi connectivity index (χ4n) is 3.05. The summed E-state index contributed by atoms with van der Waals surface area (Å²) in [5.41, 5.74) is 1.67. The molecule has 3 rings (SSSR count). The van der Waals surface area contributed by atoms with E-state index in [-0.39, 0.29) is 10.6 Å². The van der Waals surface area contributed by atoms with Gasteiger partial charge in [0, 0.05) is 19.2 Å². The van der Waals surface area contributed by atoms with Crippen LogP contribution in [0.1, 0.15) is 18.4 Å². The standard InChI is InChI=1S/C18H21FN2O3S/c1-13-11-15(6-8-18(13)24-2)25(22,23)20-16-12-14(19)5-7-17(16)21-9-3-4-10-21/h5-8,11-12,20H,3-4,9-10H2,1-2H3. The van der Waals surface area contributed by atoms with E-state index in [1.807, 2.05) is 0 Å². The Labute approximate surface area is 147 Å². The summed E-state index contributed by atoms with van der Waals surface area (Å²) in [7, 11) is -2.30. The van der Waals surface area contributed by atoms with Crippen LogP contribution in [0, 0.1) is 12.7 Å². The molecule has 1 heterocycles. The van der Waals surface area contributed by atoms with Crippen LogP contribution in [0.25, 0.3) is 0 Å². The molecule has 134 valence electrons. The summed E-state index contributed by atoms with van der Waals surface area (Å²) in [6.07, 6.45) is 2.09. The molecule has 0 amide bonds. The smallest absolute Gasteiger partial charge is 0.261 e. The number of hydrogen-bond donors (Lipinski definition) is 1. The predicted octanol–water partition coefficient (Wildman–Crippen LogP) is 3.54. The number of halogens is 1. The number of aryl methyl sites for hydroxylation is 1. The Morgan fingerprint density at radius 2 is 1.84 bits per heavy atom. The lowest BCUT2D eigenvalue weighted by atomic mass is 10.2. The molecule has 0 atom stereocenters. The SMILES string of the molecule is COc1ccc(S(=O)(=O)Nc2cc(F)ccc2N2CCCC2)cc1C. The summed E-state index contributed by atoms with van der Waals surface area (Å²) in [6, 6.07) is 8.82. The summed E-state index contributed by atoms with van der Waals surface area (Å²) in [6.45, 7) is 3.44. The van der Waals surface area contributed by atoms with Gasteiger partial charge in [-0.3, -0.25) is 4.72 Å². The number of anilines is 2. The van der Waals surface area contributed by atoms with Crippen molar-refractivity contribution in [2.45, 2.75) is 24.7 Å². The fraction of sp³-hybridized carbons (Fsp3) is 0.333. The Kier molecular flexibility index (Phi) is 4.85. The number of rotatable bonds is 5. The van der Waals surface area contributed by atoms with Crippen molar-refractivity contribution in [3.05, 3.63) is 47.8 Å². The van der Waals surface area contributed by atoms with E-state index in [1.165, 1.54) is 31.4 Å². The number of ether oxygens (including phenoxy) is 1. The lowest BCUT2D eigenvalue weighted by molar-refractivity contribution is 0.411. The average molecular weight is 364 g/mol. The van der Waals surface area contributed by atoms with Crippen molar-refractivity contribution in [1.29, 1.82) is 0 Å². The molecule has 5 nitrogen and oxygen atoms in total. The maximum absolute atomic E-state index is 13.7. The van der Waals surface area contributed by atoms with Crippen LogP contribution in [0.4, 0.5) is 15.8 Å². The van der Waals surface area contributed by atoms with Crippen LogP contribution in [0.3, 0.4) is 0 Å². The van der Waals surface area contributed by atoms with Crippen LogP contribution >= 0.6 is 0 Å². The van der Waals surface area contributed by atoms with Crippen LogP contribution in [0.5, 0.6) is 5.75 Å². The predicted molar refractivity (Wildman–Crippen MR) is 96.4 cm³/mol. The van der Waals surface area contributed by atoms with Gasteiger partial charge in [0.05, 0.1) is 23.4 Å². The van der Waals surface area contributed by atoms with Crippen LogP contribution in [-0.4, -0.2) is 28.6 Å². The van der Waals surface area contributed by atoms with Crippen LogP contribution in [0.2, 0.25) is 0 Å². The van der Waals surface area contributed by atoms with Crippen molar-refractivity contribution in [2.75, 3.05) is 29.8 Å². The van der Waals surface area contributed by atoms with E-state index in [9.17, 15) is 12.8 Å². The average Bonchev–Trinajstić information content (AvgIpc) is 3.08. The Balaban J connectivity index is 1.95. The minimum Gasteiger partial charge on any atom is -0.496 e. The van der Waals surface area contributed by atoms with Gasteiger partial charge in [0.2, 0.25) is 0 Å². The van der Waals surface area contributed by atoms with Crippen molar-refractivity contribution >= 4 is 21.4 Å². The highest BCUT2D eigenvalue weighted by molar-refractivity contribution is 7.92. The second-order valence-corrected chi connectivity index (χ2v) is 7.77. The maximum atomic E-state index is 13.7. The first-order valence-corrected chi connectivity index (χ1v) is 9.61. The van der Waals surface area contributed by atoms with Crippen molar-refractivity contribution in [3.63, 3.8) is 0 Å². The van der Waals surface area contributed by atoms with Crippen molar-refractivity contribution in [1.82, 2.24) is 0 Å². The summed E-state index contributed by atoms with van der Waals surface area (Å²) in [5, 5.41) is 0. The number of nitrogens with one attached hydrogen (secondary N) is 1. The minimum absolute atomic E-state index is 0.113. The molecule has 7 heteroatoms. The molecule has 0 radical (unpaired) electrons. The molecule has 0 spiro atoms. The molecule has 25 heavy (non-hydrogen) atoms. The molecule has 1 N–H and O–H groups in total. The zero-order chi connectivity index (χ0) is 18.0. The van der Waals surface area contributed by atoms with Crippen LogP contribution in [0.15, 0.2) is 41.3 Å². The molecule has 0 aromatic heterocycles. The monoisotopic (exact) mass is 364 g/mol. The molecule has 1 fully saturated rings. The van der Waals surface area contributed by atoms with Crippen molar-refractivity contribution in [3.8, 4) is 5.75 Å². The fourth-order valence-corrected chi connectivity index (χ4v) is 4.20. The van der Waals surface area contributed by atoms with Gasteiger partial charge < -0.3 is 9.64 Å². The summed E-state index contributed by atoms with van der Waals surface area (Å²) >= 11 is 0. The van der Waals surface area contributed by atoms with E-state index < -0.39 is 15.8 Å². The first-order valence-electron chi connectivity index (χ1n) is 8.13. The molecule has 2 aromatic carbocycles. The molecule has 1 saturated heterocycles. The maximum Gasteiger partial charge on any atom is 0.261 e. The lowest BCUT2D eigenvalue weighted by Gasteiger charge is -2.22. The van der Waals surface area contributed by atoms with Gasteiger partial charge in [-0.2, -0.15) is 0 Å². The quantitative estimate of drug-likeness (QED) is 0.882. The molecular weight excluding hydrogens is 343 g/mol. The van der Waals surface area contributed by atoms with Gasteiger partial charge in [-0.1, -0.05) is 0 Å². The number of benzene rings is 2. The molecule has 1 aliphatic rings. The minimum atomic E-state index is -3.83. The van der Waals surface area contributed by atoms with Gasteiger partial charge in [0.1, 0.15) is 11.6 Å². The van der Waals surface area contributed by atoms with Crippen LogP contribution < -0.4 is 14.4 Å². The topological polar surface area (TPSA) is 58.6 Å². The first-order chi connectivity index (χ1) is 11.9. The third-order valence-corrected chi connectivity index (χ3v) is 5.69. The summed E-state index contributed by atoms with van der Waals surface area (Å²) in [4.78, 5) is 2.18. The van der Waals surface area contributed by atoms with E-state index in [0.717, 1.165) is 25.9 Å². The van der Waals surface area contributed by atoms with Gasteiger partial charge in [-0.15, -0.1) is 0 Å². The third kappa shape index (κ3) is 3.71. The van der Waals surface area contributed by atoms with E-state index >= 15 is 0 Å². The summed E-state index contributed by atoms with van der Waals surface area (Å²) in [5.74, 6) is 0.133. The molecule has 1 aliphatic heterocycles. The van der Waals surface area contributed by atoms with Crippen molar-refractivity contribution < 1.29 is 17.5 Å². The third-order valence-electron chi connectivity index (χ3n) is 4.33. The zero-order valence-corrected chi connectivity index (χ0v) is 15.1. The van der Waals surface area contributed by atoms with Gasteiger partial charge in [-0.05, 0) is 55.7 Å². The molecule has 0 saturated carbocycles. The van der Waals surface area contributed by atoms with Crippen molar-refractivity contribution in [2.24, 2.45) is 0 Å². The second-order valence-electron chi connectivity index (χ2n) is 6.09. The van der Waals surface area contributed by atoms with Gasteiger partial charge in [0.15, 0.2) is 0 Å². The molecule has 2 aromatic rings. The Bertz CT molecular complexity index is 878. The number of nitrogens with zero attached hydrogens (tertiary/aromatic N) is 1. The Hall–Kier alpha value is -2.28.